The first-order valence-corrected chi connectivity index (χ1v) is 8.31. The quantitative estimate of drug-likeness (QED) is 0.449. The van der Waals surface area contributed by atoms with E-state index in [1.165, 1.54) is 23.5 Å². The van der Waals surface area contributed by atoms with Crippen LogP contribution in [0.4, 0.5) is 0 Å². The van der Waals surface area contributed by atoms with Crippen molar-refractivity contribution in [3.8, 4) is 0 Å². The molecule has 0 saturated heterocycles. The number of aromatic amines is 1. The molecule has 0 aromatic carbocycles. The van der Waals surface area contributed by atoms with E-state index in [-0.39, 0.29) is 5.91 Å². The highest BCUT2D eigenvalue weighted by atomic mass is 32.2. The number of nitrogens with one attached hydrogen (secondary N) is 2. The Morgan fingerprint density at radius 1 is 1.29 bits per heavy atom. The van der Waals surface area contributed by atoms with Crippen molar-refractivity contribution in [2.75, 3.05) is 18.1 Å². The number of rotatable bonds is 7. The molecule has 9 heteroatoms. The van der Waals surface area contributed by atoms with Crippen LogP contribution in [-0.2, 0) is 4.79 Å². The van der Waals surface area contributed by atoms with Crippen molar-refractivity contribution in [2.45, 2.75) is 24.2 Å². The third kappa shape index (κ3) is 5.72. The predicted octanol–water partition coefficient (Wildman–Crippen LogP) is 1.21. The lowest BCUT2D eigenvalue weighted by molar-refractivity contribution is -0.118. The Hall–Kier alpha value is -1.61. The lowest BCUT2D eigenvalue weighted by Crippen LogP contribution is -2.27. The molecule has 0 bridgehead atoms. The molecule has 2 rings (SSSR count). The fourth-order valence-corrected chi connectivity index (χ4v) is 2.80. The average Bonchev–Trinajstić information content (AvgIpc) is 2.87. The molecular weight excluding hydrogens is 308 g/mol. The van der Waals surface area contributed by atoms with Gasteiger partial charge in [-0.15, -0.1) is 5.10 Å². The highest BCUT2D eigenvalue weighted by Gasteiger charge is 2.05. The third-order valence-electron chi connectivity index (χ3n) is 2.34. The second kappa shape index (κ2) is 7.99. The van der Waals surface area contributed by atoms with Crippen LogP contribution in [0.2, 0.25) is 0 Å². The van der Waals surface area contributed by atoms with E-state index < -0.39 is 0 Å². The number of hydrogen-bond acceptors (Lipinski definition) is 7. The van der Waals surface area contributed by atoms with E-state index in [2.05, 4.69) is 30.5 Å². The maximum Gasteiger partial charge on any atom is 0.230 e. The molecule has 0 fully saturated rings. The Kier molecular flexibility index (Phi) is 6.00. The van der Waals surface area contributed by atoms with Gasteiger partial charge in [0.2, 0.25) is 11.1 Å². The number of nitrogens with zero attached hydrogens (tertiary/aromatic N) is 4. The molecule has 21 heavy (non-hydrogen) atoms. The van der Waals surface area contributed by atoms with Crippen LogP contribution >= 0.6 is 23.5 Å². The van der Waals surface area contributed by atoms with Gasteiger partial charge in [-0.3, -0.25) is 9.89 Å². The number of aromatic nitrogens is 5. The molecule has 2 N–H and O–H groups in total. The van der Waals surface area contributed by atoms with Gasteiger partial charge >= 0.3 is 0 Å². The molecule has 0 aliphatic carbocycles. The molecule has 2 aromatic heterocycles. The van der Waals surface area contributed by atoms with Crippen LogP contribution in [-0.4, -0.2) is 49.1 Å². The summed E-state index contributed by atoms with van der Waals surface area (Å²) in [6.07, 6.45) is 1.69. The van der Waals surface area contributed by atoms with Gasteiger partial charge in [0.15, 0.2) is 5.16 Å². The molecule has 0 atom stereocenters. The standard InChI is InChI=1S/C12H16N6OS2/c1-8-3-4-14-11(15-8)21-7-10(19)13-5-6-20-12-16-9(2)17-18-12/h3-4H,5-7H2,1-2H3,(H,13,19)(H,16,17,18). The molecule has 0 aliphatic heterocycles. The summed E-state index contributed by atoms with van der Waals surface area (Å²) in [4.78, 5) is 24.2. The summed E-state index contributed by atoms with van der Waals surface area (Å²) in [5.41, 5.74) is 0.895. The van der Waals surface area contributed by atoms with Crippen LogP contribution in [0, 0.1) is 13.8 Å². The van der Waals surface area contributed by atoms with Crippen molar-refractivity contribution in [3.05, 3.63) is 23.8 Å². The molecule has 2 aromatic rings. The van der Waals surface area contributed by atoms with E-state index in [1.54, 1.807) is 6.20 Å². The van der Waals surface area contributed by atoms with Crippen molar-refractivity contribution >= 4 is 29.4 Å². The zero-order chi connectivity index (χ0) is 15.1. The van der Waals surface area contributed by atoms with Gasteiger partial charge < -0.3 is 5.32 Å². The van der Waals surface area contributed by atoms with Crippen LogP contribution < -0.4 is 5.32 Å². The number of carbonyl (C=O) groups is 1. The number of carbonyl (C=O) groups excluding carboxylic acids is 1. The molecule has 0 saturated carbocycles. The maximum absolute atomic E-state index is 11.7. The van der Waals surface area contributed by atoms with Crippen molar-refractivity contribution in [1.82, 2.24) is 30.5 Å². The van der Waals surface area contributed by atoms with Crippen LogP contribution in [0.5, 0.6) is 0 Å². The second-order valence-electron chi connectivity index (χ2n) is 4.17. The molecule has 1 amide bonds. The molecule has 0 aliphatic rings. The van der Waals surface area contributed by atoms with Crippen molar-refractivity contribution in [1.29, 1.82) is 0 Å². The van der Waals surface area contributed by atoms with Gasteiger partial charge in [0.05, 0.1) is 5.75 Å². The lowest BCUT2D eigenvalue weighted by Gasteiger charge is -2.03. The molecule has 0 spiro atoms. The average molecular weight is 324 g/mol. The number of aryl methyl sites for hydroxylation is 2. The molecular formula is C12H16N6OS2. The Morgan fingerprint density at radius 2 is 2.14 bits per heavy atom. The first-order chi connectivity index (χ1) is 10.1. The van der Waals surface area contributed by atoms with Gasteiger partial charge in [-0.25, -0.2) is 15.0 Å². The van der Waals surface area contributed by atoms with Crippen LogP contribution in [0.1, 0.15) is 11.5 Å². The monoisotopic (exact) mass is 324 g/mol. The summed E-state index contributed by atoms with van der Waals surface area (Å²) >= 11 is 2.83. The second-order valence-corrected chi connectivity index (χ2v) is 6.18. The number of hydrogen-bond donors (Lipinski definition) is 2. The minimum Gasteiger partial charge on any atom is -0.355 e. The highest BCUT2D eigenvalue weighted by molar-refractivity contribution is 7.99. The summed E-state index contributed by atoms with van der Waals surface area (Å²) in [6.45, 7) is 4.32. The van der Waals surface area contributed by atoms with E-state index in [0.717, 1.165) is 17.3 Å². The van der Waals surface area contributed by atoms with Crippen molar-refractivity contribution in [3.63, 3.8) is 0 Å². The fourth-order valence-electron chi connectivity index (χ4n) is 1.40. The summed E-state index contributed by atoms with van der Waals surface area (Å²) in [5.74, 6) is 1.80. The minimum absolute atomic E-state index is 0.0307. The zero-order valence-corrected chi connectivity index (χ0v) is 13.4. The minimum atomic E-state index is -0.0307. The Morgan fingerprint density at radius 3 is 2.86 bits per heavy atom. The summed E-state index contributed by atoms with van der Waals surface area (Å²) in [6, 6.07) is 1.83. The SMILES string of the molecule is Cc1ccnc(SCC(=O)NCCSc2n[nH]c(C)n2)n1. The van der Waals surface area contributed by atoms with Gasteiger partial charge in [0.1, 0.15) is 5.82 Å². The van der Waals surface area contributed by atoms with Crippen LogP contribution in [0.15, 0.2) is 22.6 Å². The normalized spacial score (nSPS) is 10.6. The Labute approximate surface area is 131 Å². The first-order valence-electron chi connectivity index (χ1n) is 6.34. The Balaban J connectivity index is 1.61. The lowest BCUT2D eigenvalue weighted by atomic mass is 10.5. The largest absolute Gasteiger partial charge is 0.355 e. The van der Waals surface area contributed by atoms with Gasteiger partial charge in [-0.2, -0.15) is 0 Å². The summed E-state index contributed by atoms with van der Waals surface area (Å²) in [7, 11) is 0. The van der Waals surface area contributed by atoms with Crippen molar-refractivity contribution < 1.29 is 4.79 Å². The molecule has 2 heterocycles. The Bertz CT molecular complexity index is 603. The van der Waals surface area contributed by atoms with E-state index in [4.69, 9.17) is 0 Å². The third-order valence-corrected chi connectivity index (χ3v) is 4.05. The summed E-state index contributed by atoms with van der Waals surface area (Å²) in [5, 5.41) is 10.9. The number of H-pyrrole nitrogens is 1. The molecule has 0 unspecified atom stereocenters. The molecule has 0 radical (unpaired) electrons. The van der Waals surface area contributed by atoms with E-state index in [1.807, 2.05) is 19.9 Å². The van der Waals surface area contributed by atoms with Crippen LogP contribution in [0.25, 0.3) is 0 Å². The predicted molar refractivity (Wildman–Crippen MR) is 82.3 cm³/mol. The fraction of sp³-hybridized carbons (Fsp3) is 0.417. The highest BCUT2D eigenvalue weighted by Crippen LogP contribution is 2.12. The van der Waals surface area contributed by atoms with Crippen molar-refractivity contribution in [2.24, 2.45) is 0 Å². The van der Waals surface area contributed by atoms with Gasteiger partial charge in [0.25, 0.3) is 0 Å². The zero-order valence-electron chi connectivity index (χ0n) is 11.8. The van der Waals surface area contributed by atoms with E-state index in [0.29, 0.717) is 22.6 Å². The van der Waals surface area contributed by atoms with Gasteiger partial charge in [-0.05, 0) is 19.9 Å². The van der Waals surface area contributed by atoms with Gasteiger partial charge in [-0.1, -0.05) is 23.5 Å². The van der Waals surface area contributed by atoms with E-state index in [9.17, 15) is 4.79 Å². The van der Waals surface area contributed by atoms with Crippen LogP contribution in [0.3, 0.4) is 0 Å². The van der Waals surface area contributed by atoms with E-state index >= 15 is 0 Å². The number of amides is 1. The first kappa shape index (κ1) is 15.8. The van der Waals surface area contributed by atoms with Gasteiger partial charge in [0, 0.05) is 24.2 Å². The molecule has 112 valence electrons. The smallest absolute Gasteiger partial charge is 0.230 e. The maximum atomic E-state index is 11.7. The topological polar surface area (TPSA) is 96.5 Å². The number of thioether (sulfide) groups is 2. The summed E-state index contributed by atoms with van der Waals surface area (Å²) < 4.78 is 0. The molecule has 7 nitrogen and oxygen atoms in total.